The van der Waals surface area contributed by atoms with E-state index in [-0.39, 0.29) is 12.2 Å². The van der Waals surface area contributed by atoms with E-state index in [1.807, 2.05) is 0 Å². The molecule has 1 rings (SSSR count). The minimum atomic E-state index is -2.18. The fourth-order valence-corrected chi connectivity index (χ4v) is 2.85. The molecule has 4 nitrogen and oxygen atoms in total. The van der Waals surface area contributed by atoms with Crippen molar-refractivity contribution in [1.29, 1.82) is 0 Å². The van der Waals surface area contributed by atoms with Gasteiger partial charge in [-0.25, -0.2) is 13.6 Å². The molecule has 0 aliphatic rings. The van der Waals surface area contributed by atoms with E-state index in [2.05, 4.69) is 25.4 Å². The number of hydrogen-bond acceptors (Lipinski definition) is 4. The number of rotatable bonds is 6. The van der Waals surface area contributed by atoms with Gasteiger partial charge in [-0.15, -0.1) is 4.72 Å². The standard InChI is InChI=1S/C15H20BrF2NO3S/c1-5-22-14(20)12(18)13(19-23(21)15(2,3)4)10-7-6-9(16)8-11(10)17/h6-8,12-13,19H,5H2,1-4H3/t12-,13+,23?/m1/s1. The third-order valence-electron chi connectivity index (χ3n) is 2.89. The van der Waals surface area contributed by atoms with Gasteiger partial charge in [0.1, 0.15) is 16.6 Å². The first-order valence-electron chi connectivity index (χ1n) is 7.01. The number of carbonyl (C=O) groups is 1. The van der Waals surface area contributed by atoms with Crippen LogP contribution in [-0.4, -0.2) is 28.0 Å². The summed E-state index contributed by atoms with van der Waals surface area (Å²) >= 11 is 1.41. The SMILES string of the molecule is CCOC(=O)[C@H](F)[C@@H](N[S+]([O-])C(C)(C)C)c1ccc(Br)cc1F. The second kappa shape index (κ2) is 8.41. The van der Waals surface area contributed by atoms with E-state index in [4.69, 9.17) is 0 Å². The molecule has 1 unspecified atom stereocenters. The van der Waals surface area contributed by atoms with Crippen molar-refractivity contribution in [3.05, 3.63) is 34.1 Å². The molecule has 23 heavy (non-hydrogen) atoms. The minimum Gasteiger partial charge on any atom is -0.598 e. The van der Waals surface area contributed by atoms with Crippen molar-refractivity contribution in [2.24, 2.45) is 0 Å². The zero-order valence-corrected chi connectivity index (χ0v) is 15.8. The highest BCUT2D eigenvalue weighted by molar-refractivity contribution is 9.10. The Labute approximate surface area is 146 Å². The Bertz CT molecular complexity index is 554. The lowest BCUT2D eigenvalue weighted by Crippen LogP contribution is -2.46. The van der Waals surface area contributed by atoms with Crippen LogP contribution < -0.4 is 4.72 Å². The third-order valence-corrected chi connectivity index (χ3v) is 4.97. The summed E-state index contributed by atoms with van der Waals surface area (Å²) in [6.45, 7) is 6.59. The van der Waals surface area contributed by atoms with Crippen molar-refractivity contribution in [1.82, 2.24) is 4.72 Å². The van der Waals surface area contributed by atoms with Gasteiger partial charge in [-0.2, -0.15) is 0 Å². The Hall–Kier alpha value is -0.700. The first-order chi connectivity index (χ1) is 10.6. The number of alkyl halides is 1. The highest BCUT2D eigenvalue weighted by Crippen LogP contribution is 2.28. The Balaban J connectivity index is 3.17. The summed E-state index contributed by atoms with van der Waals surface area (Å²) in [6.07, 6.45) is -2.18. The maximum absolute atomic E-state index is 14.5. The normalized spacial score (nSPS) is 15.8. The van der Waals surface area contributed by atoms with Crippen LogP contribution in [0.15, 0.2) is 22.7 Å². The Kier molecular flexibility index (Phi) is 7.44. The Morgan fingerprint density at radius 2 is 2.09 bits per heavy atom. The number of carbonyl (C=O) groups excluding carboxylic acids is 1. The second-order valence-electron chi connectivity index (χ2n) is 5.80. The maximum atomic E-state index is 14.5. The van der Waals surface area contributed by atoms with Gasteiger partial charge in [0.25, 0.3) is 0 Å². The fourth-order valence-electron chi connectivity index (χ4n) is 1.68. The topological polar surface area (TPSA) is 61.4 Å². The monoisotopic (exact) mass is 411 g/mol. The lowest BCUT2D eigenvalue weighted by atomic mass is 10.0. The van der Waals surface area contributed by atoms with Gasteiger partial charge in [-0.1, -0.05) is 22.0 Å². The quantitative estimate of drug-likeness (QED) is 0.573. The molecule has 0 aromatic heterocycles. The molecule has 0 heterocycles. The molecule has 0 radical (unpaired) electrons. The number of ether oxygens (including phenoxy) is 1. The van der Waals surface area contributed by atoms with Crippen molar-refractivity contribution in [2.75, 3.05) is 6.61 Å². The van der Waals surface area contributed by atoms with Gasteiger partial charge >= 0.3 is 5.97 Å². The zero-order valence-electron chi connectivity index (χ0n) is 13.4. The minimum absolute atomic E-state index is 0.00282. The van der Waals surface area contributed by atoms with E-state index in [9.17, 15) is 18.1 Å². The number of esters is 1. The molecule has 0 bridgehead atoms. The van der Waals surface area contributed by atoms with Crippen molar-refractivity contribution < 1.29 is 22.9 Å². The first kappa shape index (κ1) is 20.3. The predicted molar refractivity (Wildman–Crippen MR) is 89.4 cm³/mol. The van der Waals surface area contributed by atoms with Gasteiger partial charge in [-0.05, 0) is 39.8 Å². The Morgan fingerprint density at radius 3 is 2.57 bits per heavy atom. The smallest absolute Gasteiger partial charge is 0.342 e. The van der Waals surface area contributed by atoms with E-state index in [0.717, 1.165) is 6.07 Å². The third kappa shape index (κ3) is 5.70. The molecule has 0 fully saturated rings. The van der Waals surface area contributed by atoms with Crippen molar-refractivity contribution >= 4 is 33.3 Å². The highest BCUT2D eigenvalue weighted by Gasteiger charge is 2.39. The van der Waals surface area contributed by atoms with Gasteiger partial charge < -0.3 is 9.29 Å². The molecule has 0 spiro atoms. The average Bonchev–Trinajstić information content (AvgIpc) is 2.43. The molecule has 8 heteroatoms. The van der Waals surface area contributed by atoms with E-state index < -0.39 is 40.1 Å². The summed E-state index contributed by atoms with van der Waals surface area (Å²) in [4.78, 5) is 11.7. The predicted octanol–water partition coefficient (Wildman–Crippen LogP) is 3.58. The lowest BCUT2D eigenvalue weighted by molar-refractivity contribution is -0.150. The van der Waals surface area contributed by atoms with Gasteiger partial charge in [0, 0.05) is 21.4 Å². The molecule has 1 N–H and O–H groups in total. The summed E-state index contributed by atoms with van der Waals surface area (Å²) in [5.74, 6) is -1.84. The lowest BCUT2D eigenvalue weighted by Gasteiger charge is -2.29. The Morgan fingerprint density at radius 1 is 1.48 bits per heavy atom. The highest BCUT2D eigenvalue weighted by atomic mass is 79.9. The molecule has 0 saturated heterocycles. The molecule has 1 aromatic carbocycles. The molecule has 1 aromatic rings. The fraction of sp³-hybridized carbons (Fsp3) is 0.533. The largest absolute Gasteiger partial charge is 0.598 e. The molecule has 0 aliphatic carbocycles. The maximum Gasteiger partial charge on any atom is 0.342 e. The summed E-state index contributed by atoms with van der Waals surface area (Å²) in [6, 6.07) is 2.59. The van der Waals surface area contributed by atoms with Crippen LogP contribution in [0.1, 0.15) is 39.3 Å². The van der Waals surface area contributed by atoms with Crippen molar-refractivity contribution in [2.45, 2.75) is 44.7 Å². The van der Waals surface area contributed by atoms with E-state index >= 15 is 0 Å². The summed E-state index contributed by atoms with van der Waals surface area (Å²) in [7, 11) is 0. The summed E-state index contributed by atoms with van der Waals surface area (Å²) in [5.41, 5.74) is -0.0913. The van der Waals surface area contributed by atoms with Crippen LogP contribution in [-0.2, 0) is 20.9 Å². The van der Waals surface area contributed by atoms with E-state index in [1.54, 1.807) is 27.7 Å². The molecule has 130 valence electrons. The first-order valence-corrected chi connectivity index (χ1v) is 8.96. The van der Waals surface area contributed by atoms with Crippen LogP contribution in [0.3, 0.4) is 0 Å². The van der Waals surface area contributed by atoms with E-state index in [1.165, 1.54) is 12.1 Å². The van der Waals surface area contributed by atoms with E-state index in [0.29, 0.717) is 4.47 Å². The van der Waals surface area contributed by atoms with Crippen LogP contribution in [0, 0.1) is 5.82 Å². The number of halogens is 3. The van der Waals surface area contributed by atoms with Gasteiger partial charge in [0.05, 0.1) is 6.61 Å². The molecule has 0 amide bonds. The van der Waals surface area contributed by atoms with Crippen LogP contribution in [0.2, 0.25) is 0 Å². The van der Waals surface area contributed by atoms with Crippen molar-refractivity contribution in [3.63, 3.8) is 0 Å². The summed E-state index contributed by atoms with van der Waals surface area (Å²) in [5, 5.41) is 0. The molecular formula is C15H20BrF2NO3S. The molecule has 0 aliphatic heterocycles. The molecular weight excluding hydrogens is 392 g/mol. The van der Waals surface area contributed by atoms with Gasteiger partial charge in [0.2, 0.25) is 6.17 Å². The van der Waals surface area contributed by atoms with Crippen LogP contribution in [0.5, 0.6) is 0 Å². The molecule has 0 saturated carbocycles. The van der Waals surface area contributed by atoms with Crippen molar-refractivity contribution in [3.8, 4) is 0 Å². The summed E-state index contributed by atoms with van der Waals surface area (Å²) < 4.78 is 47.9. The van der Waals surface area contributed by atoms with Crippen LogP contribution >= 0.6 is 15.9 Å². The number of hydrogen-bond donors (Lipinski definition) is 1. The molecule has 3 atom stereocenters. The van der Waals surface area contributed by atoms with Crippen LogP contribution in [0.4, 0.5) is 8.78 Å². The zero-order chi connectivity index (χ0) is 17.8. The average molecular weight is 412 g/mol. The van der Waals surface area contributed by atoms with Gasteiger partial charge in [0.15, 0.2) is 0 Å². The second-order valence-corrected chi connectivity index (χ2v) is 8.71. The number of benzene rings is 1. The van der Waals surface area contributed by atoms with Gasteiger partial charge in [-0.3, -0.25) is 0 Å². The number of nitrogens with one attached hydrogen (secondary N) is 1. The van der Waals surface area contributed by atoms with Crippen LogP contribution in [0.25, 0.3) is 0 Å².